The van der Waals surface area contributed by atoms with E-state index >= 15 is 0 Å². The van der Waals surface area contributed by atoms with Crippen molar-refractivity contribution in [2.75, 3.05) is 6.61 Å². The number of carbonyl (C=O) groups is 2. The van der Waals surface area contributed by atoms with Crippen molar-refractivity contribution >= 4 is 40.5 Å². The summed E-state index contributed by atoms with van der Waals surface area (Å²) >= 11 is 5.89. The second kappa shape index (κ2) is 12.1. The Kier molecular flexibility index (Phi) is 8.38. The van der Waals surface area contributed by atoms with Crippen LogP contribution < -0.4 is 19.6 Å². The molecule has 0 bridgehead atoms. The third-order valence-electron chi connectivity index (χ3n) is 5.40. The Balaban J connectivity index is 1.51. The quantitative estimate of drug-likeness (QED) is 0.127. The normalized spacial score (nSPS) is 11.8. The van der Waals surface area contributed by atoms with Crippen molar-refractivity contribution in [1.29, 1.82) is 0 Å². The number of ether oxygens (including phenoxy) is 3. The van der Waals surface area contributed by atoms with Gasteiger partial charge in [0, 0.05) is 10.6 Å². The Bertz CT molecular complexity index is 1420. The number of fused-ring (bicyclic) bond motifs is 1. The van der Waals surface area contributed by atoms with Crippen LogP contribution in [0.15, 0.2) is 90.0 Å². The fourth-order valence-electron chi connectivity index (χ4n) is 3.53. The number of halogens is 1. The van der Waals surface area contributed by atoms with Gasteiger partial charge in [0.05, 0.1) is 18.4 Å². The molecule has 0 fully saturated rings. The minimum absolute atomic E-state index is 0.307. The van der Waals surface area contributed by atoms with Gasteiger partial charge < -0.3 is 14.2 Å². The van der Waals surface area contributed by atoms with Crippen LogP contribution in [0.5, 0.6) is 17.2 Å². The zero-order valence-electron chi connectivity index (χ0n) is 20.3. The van der Waals surface area contributed by atoms with Crippen molar-refractivity contribution in [2.45, 2.75) is 20.0 Å². The van der Waals surface area contributed by atoms with E-state index in [0.29, 0.717) is 40.0 Å². The number of esters is 1. The van der Waals surface area contributed by atoms with Gasteiger partial charge in [-0.3, -0.25) is 4.79 Å². The summed E-state index contributed by atoms with van der Waals surface area (Å²) in [5.41, 5.74) is 3.40. The standard InChI is InChI=1S/C29H25ClN2O5/c1-3-35-23-13-8-21(9-14-23)29(34)37-27-17-10-20-6-4-5-7-25(20)26(27)18-31-32-28(33)19(2)36-24-15-11-22(30)12-16-24/h4-19H,3H2,1-2H3,(H,32,33)/b31-18-/t19-/m1/s1. The first-order valence-electron chi connectivity index (χ1n) is 11.7. The van der Waals surface area contributed by atoms with Crippen LogP contribution in [0.3, 0.4) is 0 Å². The Labute approximate surface area is 219 Å². The Morgan fingerprint density at radius 3 is 2.38 bits per heavy atom. The third-order valence-corrected chi connectivity index (χ3v) is 5.65. The van der Waals surface area contributed by atoms with E-state index in [4.69, 9.17) is 25.8 Å². The van der Waals surface area contributed by atoms with Gasteiger partial charge in [-0.25, -0.2) is 10.2 Å². The molecule has 0 unspecified atom stereocenters. The highest BCUT2D eigenvalue weighted by atomic mass is 35.5. The second-order valence-corrected chi connectivity index (χ2v) is 8.43. The molecule has 37 heavy (non-hydrogen) atoms. The molecule has 0 spiro atoms. The molecule has 4 aromatic rings. The first kappa shape index (κ1) is 25.7. The molecule has 0 aromatic heterocycles. The van der Waals surface area contributed by atoms with Crippen molar-refractivity contribution in [2.24, 2.45) is 5.10 Å². The van der Waals surface area contributed by atoms with Crippen LogP contribution in [0.2, 0.25) is 5.02 Å². The highest BCUT2D eigenvalue weighted by Gasteiger charge is 2.16. The molecule has 1 N–H and O–H groups in total. The monoisotopic (exact) mass is 516 g/mol. The van der Waals surface area contributed by atoms with Crippen LogP contribution in [0.4, 0.5) is 0 Å². The molecular weight excluding hydrogens is 492 g/mol. The zero-order valence-corrected chi connectivity index (χ0v) is 21.1. The lowest BCUT2D eigenvalue weighted by atomic mass is 10.0. The smallest absolute Gasteiger partial charge is 0.343 e. The molecule has 0 aliphatic heterocycles. The summed E-state index contributed by atoms with van der Waals surface area (Å²) in [6.45, 7) is 4.04. The van der Waals surface area contributed by atoms with Gasteiger partial charge >= 0.3 is 5.97 Å². The van der Waals surface area contributed by atoms with Crippen molar-refractivity contribution in [3.63, 3.8) is 0 Å². The number of rotatable bonds is 9. The molecule has 0 saturated carbocycles. The van der Waals surface area contributed by atoms with Crippen molar-refractivity contribution in [3.05, 3.63) is 101 Å². The highest BCUT2D eigenvalue weighted by Crippen LogP contribution is 2.28. The van der Waals surface area contributed by atoms with E-state index in [1.54, 1.807) is 61.5 Å². The molecule has 1 atom stereocenters. The first-order valence-corrected chi connectivity index (χ1v) is 12.0. The lowest BCUT2D eigenvalue weighted by molar-refractivity contribution is -0.127. The van der Waals surface area contributed by atoms with Gasteiger partial charge in [-0.05, 0) is 79.2 Å². The topological polar surface area (TPSA) is 86.2 Å². The average Bonchev–Trinajstić information content (AvgIpc) is 2.91. The summed E-state index contributed by atoms with van der Waals surface area (Å²) in [4.78, 5) is 25.4. The molecule has 4 rings (SSSR count). The van der Waals surface area contributed by atoms with E-state index < -0.39 is 18.0 Å². The second-order valence-electron chi connectivity index (χ2n) is 7.99. The average molecular weight is 517 g/mol. The molecule has 8 heteroatoms. The Hall–Kier alpha value is -4.36. The number of benzene rings is 4. The molecule has 0 radical (unpaired) electrons. The molecule has 188 valence electrons. The molecule has 7 nitrogen and oxygen atoms in total. The van der Waals surface area contributed by atoms with Gasteiger partial charge in [0.1, 0.15) is 17.2 Å². The predicted octanol–water partition coefficient (Wildman–Crippen LogP) is 6.03. The van der Waals surface area contributed by atoms with Crippen molar-refractivity contribution in [1.82, 2.24) is 5.43 Å². The number of nitrogens with one attached hydrogen (secondary N) is 1. The summed E-state index contributed by atoms with van der Waals surface area (Å²) in [6, 6.07) is 24.6. The largest absolute Gasteiger partial charge is 0.494 e. The van der Waals surface area contributed by atoms with Gasteiger partial charge in [0.25, 0.3) is 5.91 Å². The first-order chi connectivity index (χ1) is 17.9. The van der Waals surface area contributed by atoms with Crippen molar-refractivity contribution in [3.8, 4) is 17.2 Å². The lowest BCUT2D eigenvalue weighted by Gasteiger charge is -2.13. The molecule has 0 saturated heterocycles. The van der Waals surface area contributed by atoms with Crippen LogP contribution >= 0.6 is 11.6 Å². The number of hydrazone groups is 1. The van der Waals surface area contributed by atoms with Gasteiger partial charge in [-0.15, -0.1) is 0 Å². The molecule has 0 aliphatic rings. The number of carbonyl (C=O) groups excluding carboxylic acids is 2. The van der Waals surface area contributed by atoms with E-state index in [2.05, 4.69) is 10.5 Å². The summed E-state index contributed by atoms with van der Waals surface area (Å²) in [7, 11) is 0. The highest BCUT2D eigenvalue weighted by molar-refractivity contribution is 6.30. The predicted molar refractivity (Wildman–Crippen MR) is 144 cm³/mol. The van der Waals surface area contributed by atoms with Gasteiger partial charge in [0.15, 0.2) is 6.10 Å². The number of hydrogen-bond donors (Lipinski definition) is 1. The van der Waals surface area contributed by atoms with Gasteiger partial charge in [-0.1, -0.05) is 41.9 Å². The van der Waals surface area contributed by atoms with E-state index in [-0.39, 0.29) is 0 Å². The summed E-state index contributed by atoms with van der Waals surface area (Å²) in [6.07, 6.45) is 0.651. The fraction of sp³-hybridized carbons (Fsp3) is 0.138. The molecule has 0 heterocycles. The van der Waals surface area contributed by atoms with Crippen LogP contribution in [0, 0.1) is 0 Å². The van der Waals surface area contributed by atoms with Crippen LogP contribution in [0.25, 0.3) is 10.8 Å². The summed E-state index contributed by atoms with van der Waals surface area (Å²) < 4.78 is 16.8. The lowest BCUT2D eigenvalue weighted by Crippen LogP contribution is -2.33. The van der Waals surface area contributed by atoms with Crippen molar-refractivity contribution < 1.29 is 23.8 Å². The number of nitrogens with zero attached hydrogens (tertiary/aromatic N) is 1. The maximum absolute atomic E-state index is 12.8. The maximum atomic E-state index is 12.8. The van der Waals surface area contributed by atoms with E-state index in [9.17, 15) is 9.59 Å². The molecular formula is C29H25ClN2O5. The summed E-state index contributed by atoms with van der Waals surface area (Å²) in [5.74, 6) is 0.513. The SMILES string of the molecule is CCOc1ccc(C(=O)Oc2ccc3ccccc3c2/C=N\NC(=O)[C@@H](C)Oc2ccc(Cl)cc2)cc1. The maximum Gasteiger partial charge on any atom is 0.343 e. The van der Waals surface area contributed by atoms with Crippen LogP contribution in [0.1, 0.15) is 29.8 Å². The van der Waals surface area contributed by atoms with E-state index in [1.165, 1.54) is 6.21 Å². The fourth-order valence-corrected chi connectivity index (χ4v) is 3.66. The number of hydrogen-bond acceptors (Lipinski definition) is 6. The molecule has 0 aliphatic carbocycles. The number of amides is 1. The summed E-state index contributed by atoms with van der Waals surface area (Å²) in [5, 5.41) is 6.41. The Morgan fingerprint density at radius 1 is 0.946 bits per heavy atom. The van der Waals surface area contributed by atoms with Crippen LogP contribution in [-0.2, 0) is 4.79 Å². The van der Waals surface area contributed by atoms with E-state index in [0.717, 1.165) is 10.8 Å². The van der Waals surface area contributed by atoms with Crippen LogP contribution in [-0.4, -0.2) is 30.8 Å². The molecule has 4 aromatic carbocycles. The minimum atomic E-state index is -0.803. The third kappa shape index (κ3) is 6.65. The zero-order chi connectivity index (χ0) is 26.2. The van der Waals surface area contributed by atoms with E-state index in [1.807, 2.05) is 37.3 Å². The van der Waals surface area contributed by atoms with Gasteiger partial charge in [-0.2, -0.15) is 5.10 Å². The minimum Gasteiger partial charge on any atom is -0.494 e. The Morgan fingerprint density at radius 2 is 1.65 bits per heavy atom. The molecule has 1 amide bonds. The van der Waals surface area contributed by atoms with Gasteiger partial charge in [0.2, 0.25) is 0 Å².